The first-order chi connectivity index (χ1) is 11.3. The molecule has 0 bridgehead atoms. The molecule has 0 aromatic carbocycles. The smallest absolute Gasteiger partial charge is 0.186 e. The third-order valence-corrected chi connectivity index (χ3v) is 3.41. The lowest BCUT2D eigenvalue weighted by molar-refractivity contribution is -0.170. The zero-order valence-corrected chi connectivity index (χ0v) is 15.6. The Labute approximate surface area is 143 Å². The summed E-state index contributed by atoms with van der Waals surface area (Å²) in [6.45, 7) is 15.0. The Bertz CT molecular complexity index is 325. The lowest BCUT2D eigenvalue weighted by Crippen LogP contribution is -2.41. The minimum atomic E-state index is -0.578. The maximum atomic E-state index is 7.34. The summed E-state index contributed by atoms with van der Waals surface area (Å²) in [6, 6.07) is 0. The highest BCUT2D eigenvalue weighted by molar-refractivity contribution is 4.89. The van der Waals surface area contributed by atoms with Crippen LogP contribution in [0.1, 0.15) is 42.9 Å². The Morgan fingerprint density at radius 1 is 0.870 bits per heavy atom. The van der Waals surface area contributed by atoms with E-state index in [4.69, 9.17) is 25.1 Å². The molecule has 138 valence electrons. The number of rotatable bonds is 11. The molecule has 0 aliphatic carbocycles. The van der Waals surface area contributed by atoms with E-state index in [1.807, 2.05) is 0 Å². The van der Waals surface area contributed by atoms with Gasteiger partial charge in [-0.3, -0.25) is 0 Å². The van der Waals surface area contributed by atoms with Crippen LogP contribution in [0, 0.1) is 17.8 Å². The van der Waals surface area contributed by atoms with Gasteiger partial charge in [0.25, 0.3) is 0 Å². The Hall–Kier alpha value is -0.200. The van der Waals surface area contributed by atoms with Gasteiger partial charge in [-0.25, -0.2) is 0 Å². The highest BCUT2D eigenvalue weighted by Gasteiger charge is 2.46. The van der Waals surface area contributed by atoms with E-state index in [1.165, 1.54) is 0 Å². The molecule has 1 fully saturated rings. The quantitative estimate of drug-likeness (QED) is 0.581. The fourth-order valence-electron chi connectivity index (χ4n) is 2.36. The van der Waals surface area contributed by atoms with Gasteiger partial charge in [0, 0.05) is 26.9 Å². The molecule has 0 aromatic rings. The summed E-state index contributed by atoms with van der Waals surface area (Å²) in [5.74, 6) is 1.29. The van der Waals surface area contributed by atoms with Crippen molar-refractivity contribution < 1.29 is 25.1 Å². The third-order valence-electron chi connectivity index (χ3n) is 3.41. The van der Waals surface area contributed by atoms with Crippen molar-refractivity contribution in [1.82, 2.24) is 0 Å². The van der Waals surface area contributed by atoms with E-state index < -0.39 is 6.29 Å². The van der Waals surface area contributed by atoms with Crippen molar-refractivity contribution in [3.8, 4) is 0 Å². The first kappa shape index (κ1) is 19.1. The van der Waals surface area contributed by atoms with E-state index >= 15 is 0 Å². The molecule has 5 nitrogen and oxygen atoms in total. The number of hydrogen-bond donors (Lipinski definition) is 0. The topological polar surface area (TPSA) is 46.2 Å². The summed E-state index contributed by atoms with van der Waals surface area (Å²) in [5, 5.41) is 0. The predicted molar refractivity (Wildman–Crippen MR) is 90.5 cm³/mol. The largest absolute Gasteiger partial charge is 0.378 e. The molecule has 1 unspecified atom stereocenters. The molecule has 1 aliphatic heterocycles. The molecule has 0 N–H and O–H groups in total. The van der Waals surface area contributed by atoms with Gasteiger partial charge in [-0.05, 0) is 17.8 Å². The predicted octanol–water partition coefficient (Wildman–Crippen LogP) is 3.11. The second-order valence-electron chi connectivity index (χ2n) is 7.52. The Morgan fingerprint density at radius 3 is 1.96 bits per heavy atom. The van der Waals surface area contributed by atoms with Gasteiger partial charge in [-0.1, -0.05) is 41.5 Å². The SMILES string of the molecule is [2H]COC1O[C@H](COCC(C)C)[C@@H](OCC(C)C)[C@H]1OCC(C)C. The van der Waals surface area contributed by atoms with E-state index in [2.05, 4.69) is 41.5 Å². The summed E-state index contributed by atoms with van der Waals surface area (Å²) in [7, 11) is -0.164. The van der Waals surface area contributed by atoms with Crippen LogP contribution in [0.25, 0.3) is 0 Å². The Kier molecular flexibility index (Phi) is 8.83. The lowest BCUT2D eigenvalue weighted by atomic mass is 10.1. The van der Waals surface area contributed by atoms with Crippen molar-refractivity contribution in [2.75, 3.05) is 33.5 Å². The summed E-state index contributed by atoms with van der Waals surface area (Å²) in [4.78, 5) is 0. The summed E-state index contributed by atoms with van der Waals surface area (Å²) in [5.41, 5.74) is 0. The first-order valence-corrected chi connectivity index (χ1v) is 8.72. The van der Waals surface area contributed by atoms with Gasteiger partial charge in [0.2, 0.25) is 0 Å². The fraction of sp³-hybridized carbons (Fsp3) is 1.00. The molecule has 1 rings (SSSR count). The average Bonchev–Trinajstić information content (AvgIpc) is 2.80. The lowest BCUT2D eigenvalue weighted by Gasteiger charge is -2.26. The maximum Gasteiger partial charge on any atom is 0.186 e. The molecule has 5 heteroatoms. The van der Waals surface area contributed by atoms with Gasteiger partial charge >= 0.3 is 0 Å². The third kappa shape index (κ3) is 7.48. The van der Waals surface area contributed by atoms with Crippen LogP contribution in [0.3, 0.4) is 0 Å². The van der Waals surface area contributed by atoms with Crippen molar-refractivity contribution in [2.24, 2.45) is 17.8 Å². The normalized spacial score (nSPS) is 29.0. The van der Waals surface area contributed by atoms with Crippen LogP contribution >= 0.6 is 0 Å². The van der Waals surface area contributed by atoms with Gasteiger partial charge in [0.1, 0.15) is 18.3 Å². The summed E-state index contributed by atoms with van der Waals surface area (Å²) in [6.07, 6.45) is -1.39. The molecule has 1 saturated heterocycles. The monoisotopic (exact) mass is 333 g/mol. The number of ether oxygens (including phenoxy) is 5. The van der Waals surface area contributed by atoms with Crippen LogP contribution in [-0.2, 0) is 23.7 Å². The minimum Gasteiger partial charge on any atom is -0.378 e. The summed E-state index contributed by atoms with van der Waals surface area (Å²) >= 11 is 0. The van der Waals surface area contributed by atoms with Crippen molar-refractivity contribution in [2.45, 2.75) is 66.1 Å². The molecule has 0 spiro atoms. The zero-order valence-electron chi connectivity index (χ0n) is 16.6. The van der Waals surface area contributed by atoms with Crippen molar-refractivity contribution >= 4 is 0 Å². The van der Waals surface area contributed by atoms with Gasteiger partial charge in [0.15, 0.2) is 6.29 Å². The highest BCUT2D eigenvalue weighted by Crippen LogP contribution is 2.28. The molecule has 4 atom stereocenters. The van der Waals surface area contributed by atoms with Crippen molar-refractivity contribution in [3.63, 3.8) is 0 Å². The van der Waals surface area contributed by atoms with E-state index in [-0.39, 0.29) is 25.4 Å². The summed E-state index contributed by atoms with van der Waals surface area (Å²) < 4.78 is 36.6. The molecular formula is C18H36O5. The highest BCUT2D eigenvalue weighted by atomic mass is 16.7. The van der Waals surface area contributed by atoms with Gasteiger partial charge < -0.3 is 23.7 Å². The molecule has 23 heavy (non-hydrogen) atoms. The van der Waals surface area contributed by atoms with Gasteiger partial charge in [-0.2, -0.15) is 0 Å². The fourth-order valence-corrected chi connectivity index (χ4v) is 2.36. The zero-order chi connectivity index (χ0) is 18.1. The van der Waals surface area contributed by atoms with Crippen LogP contribution in [0.2, 0.25) is 0 Å². The number of hydrogen-bond acceptors (Lipinski definition) is 5. The maximum absolute atomic E-state index is 7.34. The van der Waals surface area contributed by atoms with Crippen molar-refractivity contribution in [1.29, 1.82) is 0 Å². The van der Waals surface area contributed by atoms with Crippen LogP contribution in [0.4, 0.5) is 0 Å². The van der Waals surface area contributed by atoms with E-state index in [0.717, 1.165) is 0 Å². The average molecular weight is 333 g/mol. The Balaban J connectivity index is 2.73. The molecule has 1 heterocycles. The first-order valence-electron chi connectivity index (χ1n) is 9.43. The van der Waals surface area contributed by atoms with Crippen LogP contribution < -0.4 is 0 Å². The van der Waals surface area contributed by atoms with Crippen molar-refractivity contribution in [3.05, 3.63) is 0 Å². The van der Waals surface area contributed by atoms with Gasteiger partial charge in [-0.15, -0.1) is 0 Å². The molecule has 0 aromatic heterocycles. The Morgan fingerprint density at radius 2 is 1.43 bits per heavy atom. The number of methoxy groups -OCH3 is 1. The minimum absolute atomic E-state index is 0.164. The van der Waals surface area contributed by atoms with E-state index in [1.54, 1.807) is 0 Å². The molecular weight excluding hydrogens is 296 g/mol. The second-order valence-corrected chi connectivity index (χ2v) is 7.52. The molecule has 0 radical (unpaired) electrons. The second kappa shape index (κ2) is 10.6. The van der Waals surface area contributed by atoms with Crippen LogP contribution in [0.15, 0.2) is 0 Å². The van der Waals surface area contributed by atoms with Gasteiger partial charge in [0.05, 0.1) is 7.98 Å². The molecule has 0 amide bonds. The molecule has 0 saturated carbocycles. The van der Waals surface area contributed by atoms with E-state index in [9.17, 15) is 0 Å². The molecule has 1 aliphatic rings. The van der Waals surface area contributed by atoms with Crippen LogP contribution in [0.5, 0.6) is 0 Å². The van der Waals surface area contributed by atoms with E-state index in [0.29, 0.717) is 44.2 Å². The van der Waals surface area contributed by atoms with Crippen LogP contribution in [-0.4, -0.2) is 58.1 Å². The standard InChI is InChI=1S/C18H36O5/c1-12(2)8-20-11-15-16(21-9-13(3)4)17(18(19-7)23-15)22-10-14(5)6/h12-18H,8-11H2,1-7H3/t15-,16-,17-,18?/m1/s1/i7D.